The summed E-state index contributed by atoms with van der Waals surface area (Å²) in [6, 6.07) is 18.0. The standard InChI is InChI=1S/C22H13BClF4NO/c24-19-10-9-16(13-18(19)22(26,27)28)23(15-6-2-7-17(25)12-15)30-20-8-1-4-14-5-3-11-29-21(14)20/h1-13H. The van der Waals surface area contributed by atoms with Gasteiger partial charge in [-0.2, -0.15) is 13.2 Å². The quantitative estimate of drug-likeness (QED) is 0.327. The molecule has 0 fully saturated rings. The van der Waals surface area contributed by atoms with Gasteiger partial charge in [-0.25, -0.2) is 4.39 Å². The Bertz CT molecular complexity index is 1210. The van der Waals surface area contributed by atoms with Crippen LogP contribution in [0.15, 0.2) is 79.0 Å². The lowest BCUT2D eigenvalue weighted by molar-refractivity contribution is -0.137. The van der Waals surface area contributed by atoms with E-state index in [4.69, 9.17) is 16.3 Å². The summed E-state index contributed by atoms with van der Waals surface area (Å²) in [7, 11) is 0. The summed E-state index contributed by atoms with van der Waals surface area (Å²) in [6.45, 7) is -1.01. The van der Waals surface area contributed by atoms with Crippen molar-refractivity contribution in [3.8, 4) is 5.75 Å². The van der Waals surface area contributed by atoms with Gasteiger partial charge in [-0.05, 0) is 47.3 Å². The van der Waals surface area contributed by atoms with Crippen molar-refractivity contribution >= 4 is 40.3 Å². The van der Waals surface area contributed by atoms with E-state index in [1.807, 2.05) is 12.1 Å². The lowest BCUT2D eigenvalue weighted by Crippen LogP contribution is -2.48. The molecular formula is C22H13BClF4NO. The molecule has 0 amide bonds. The molecule has 0 radical (unpaired) electrons. The molecule has 0 saturated heterocycles. The van der Waals surface area contributed by atoms with E-state index in [0.717, 1.165) is 17.5 Å². The van der Waals surface area contributed by atoms with Crippen molar-refractivity contribution in [2.75, 3.05) is 0 Å². The zero-order valence-corrected chi connectivity index (χ0v) is 16.1. The van der Waals surface area contributed by atoms with E-state index in [-0.39, 0.29) is 5.46 Å². The lowest BCUT2D eigenvalue weighted by atomic mass is 9.55. The molecule has 1 heterocycles. The van der Waals surface area contributed by atoms with E-state index in [9.17, 15) is 17.6 Å². The van der Waals surface area contributed by atoms with Gasteiger partial charge in [-0.3, -0.25) is 4.98 Å². The molecule has 1 aromatic heterocycles. The van der Waals surface area contributed by atoms with Crippen molar-refractivity contribution in [3.05, 3.63) is 95.4 Å². The third kappa shape index (κ3) is 4.12. The van der Waals surface area contributed by atoms with E-state index in [0.29, 0.717) is 16.7 Å². The Morgan fingerprint density at radius 1 is 0.867 bits per heavy atom. The molecule has 30 heavy (non-hydrogen) atoms. The van der Waals surface area contributed by atoms with Gasteiger partial charge in [0, 0.05) is 11.6 Å². The van der Waals surface area contributed by atoms with Gasteiger partial charge in [0.25, 0.3) is 0 Å². The predicted octanol–water partition coefficient (Wildman–Crippen LogP) is 5.23. The van der Waals surface area contributed by atoms with Crippen molar-refractivity contribution in [2.45, 2.75) is 6.18 Å². The van der Waals surface area contributed by atoms with Gasteiger partial charge < -0.3 is 4.65 Å². The predicted molar refractivity (Wildman–Crippen MR) is 110 cm³/mol. The zero-order valence-electron chi connectivity index (χ0n) is 15.3. The number of rotatable bonds is 4. The molecule has 4 aromatic rings. The van der Waals surface area contributed by atoms with Crippen LogP contribution in [0.3, 0.4) is 0 Å². The second kappa shape index (κ2) is 7.99. The van der Waals surface area contributed by atoms with Crippen LogP contribution in [0.5, 0.6) is 5.75 Å². The average Bonchev–Trinajstić information content (AvgIpc) is 2.72. The van der Waals surface area contributed by atoms with Crippen LogP contribution in [0.2, 0.25) is 5.02 Å². The Hall–Kier alpha value is -3.06. The average molecular weight is 430 g/mol. The molecule has 0 atom stereocenters. The second-order valence-corrected chi connectivity index (χ2v) is 7.03. The number of pyridine rings is 1. The van der Waals surface area contributed by atoms with Crippen LogP contribution in [-0.2, 0) is 6.18 Å². The number of hydrogen-bond donors (Lipinski definition) is 0. The molecular weight excluding hydrogens is 417 g/mol. The summed E-state index contributed by atoms with van der Waals surface area (Å²) in [5.41, 5.74) is 0.109. The molecule has 0 N–H and O–H groups in total. The van der Waals surface area contributed by atoms with Gasteiger partial charge in [0.15, 0.2) is 0 Å². The molecule has 0 spiro atoms. The van der Waals surface area contributed by atoms with Gasteiger partial charge >= 0.3 is 13.1 Å². The van der Waals surface area contributed by atoms with Crippen molar-refractivity contribution in [1.82, 2.24) is 4.98 Å². The highest BCUT2D eigenvalue weighted by atomic mass is 35.5. The summed E-state index contributed by atoms with van der Waals surface area (Å²) in [5.74, 6) is -0.159. The summed E-state index contributed by atoms with van der Waals surface area (Å²) in [6.07, 6.45) is -3.04. The maximum absolute atomic E-state index is 13.9. The minimum absolute atomic E-state index is 0.185. The minimum Gasteiger partial charge on any atom is -0.550 e. The highest BCUT2D eigenvalue weighted by Crippen LogP contribution is 2.34. The minimum atomic E-state index is -4.64. The molecule has 0 aliphatic heterocycles. The van der Waals surface area contributed by atoms with Crippen molar-refractivity contribution < 1.29 is 22.2 Å². The third-order valence-electron chi connectivity index (χ3n) is 4.59. The smallest absolute Gasteiger partial charge is 0.426 e. The Kier molecular flexibility index (Phi) is 5.39. The Labute approximate surface area is 175 Å². The van der Waals surface area contributed by atoms with Crippen molar-refractivity contribution in [2.24, 2.45) is 0 Å². The first-order valence-electron chi connectivity index (χ1n) is 8.95. The van der Waals surface area contributed by atoms with Gasteiger partial charge in [-0.15, -0.1) is 0 Å². The van der Waals surface area contributed by atoms with Gasteiger partial charge in [0.05, 0.1) is 10.6 Å². The van der Waals surface area contributed by atoms with Crippen molar-refractivity contribution in [3.63, 3.8) is 0 Å². The first kappa shape index (κ1) is 20.2. The van der Waals surface area contributed by atoms with E-state index in [1.165, 1.54) is 24.3 Å². The number of nitrogens with zero attached hydrogens (tertiary/aromatic N) is 1. The highest BCUT2D eigenvalue weighted by Gasteiger charge is 2.35. The van der Waals surface area contributed by atoms with E-state index in [2.05, 4.69) is 4.98 Å². The monoisotopic (exact) mass is 429 g/mol. The molecule has 0 aliphatic carbocycles. The maximum Gasteiger partial charge on any atom is 0.426 e. The van der Waals surface area contributed by atoms with E-state index >= 15 is 0 Å². The number of aromatic nitrogens is 1. The van der Waals surface area contributed by atoms with Crippen LogP contribution in [0.4, 0.5) is 17.6 Å². The number of halogens is 5. The van der Waals surface area contributed by atoms with Gasteiger partial charge in [-0.1, -0.05) is 48.0 Å². The SMILES string of the molecule is Fc1cccc(B(Oc2cccc3cccnc23)c2ccc(Cl)c(C(F)(F)F)c2)c1. The number of benzene rings is 3. The normalized spacial score (nSPS) is 11.5. The first-order chi connectivity index (χ1) is 14.3. The fourth-order valence-corrected chi connectivity index (χ4v) is 3.44. The molecule has 3 aromatic carbocycles. The Morgan fingerprint density at radius 2 is 1.60 bits per heavy atom. The molecule has 0 unspecified atom stereocenters. The molecule has 0 aliphatic rings. The summed E-state index contributed by atoms with van der Waals surface area (Å²) in [4.78, 5) is 4.31. The fourth-order valence-electron chi connectivity index (χ4n) is 3.22. The van der Waals surface area contributed by atoms with Crippen molar-refractivity contribution in [1.29, 1.82) is 0 Å². The summed E-state index contributed by atoms with van der Waals surface area (Å²) in [5, 5.41) is 0.385. The van der Waals surface area contributed by atoms with Crippen LogP contribution >= 0.6 is 11.6 Å². The highest BCUT2D eigenvalue weighted by molar-refractivity contribution is 6.80. The van der Waals surface area contributed by atoms with Gasteiger partial charge in [0.2, 0.25) is 0 Å². The fraction of sp³-hybridized carbons (Fsp3) is 0.0455. The molecule has 2 nitrogen and oxygen atoms in total. The Balaban J connectivity index is 1.86. The van der Waals surface area contributed by atoms with Crippen LogP contribution in [0.25, 0.3) is 10.9 Å². The first-order valence-corrected chi connectivity index (χ1v) is 9.33. The van der Waals surface area contributed by atoms with E-state index in [1.54, 1.807) is 30.5 Å². The lowest BCUT2D eigenvalue weighted by Gasteiger charge is -2.19. The second-order valence-electron chi connectivity index (χ2n) is 6.62. The molecule has 150 valence electrons. The zero-order chi connectivity index (χ0) is 21.3. The molecule has 8 heteroatoms. The Morgan fingerprint density at radius 3 is 2.37 bits per heavy atom. The van der Waals surface area contributed by atoms with Crippen LogP contribution in [0, 0.1) is 5.82 Å². The van der Waals surface area contributed by atoms with E-state index < -0.39 is 29.5 Å². The molecule has 0 bridgehead atoms. The molecule has 0 saturated carbocycles. The number of hydrogen-bond acceptors (Lipinski definition) is 2. The number of alkyl halides is 3. The maximum atomic E-state index is 13.9. The van der Waals surface area contributed by atoms with Gasteiger partial charge in [0.1, 0.15) is 17.1 Å². The van der Waals surface area contributed by atoms with Crippen LogP contribution in [0.1, 0.15) is 5.56 Å². The van der Waals surface area contributed by atoms with Crippen LogP contribution in [-0.4, -0.2) is 11.9 Å². The van der Waals surface area contributed by atoms with Crippen LogP contribution < -0.4 is 15.6 Å². The third-order valence-corrected chi connectivity index (χ3v) is 4.92. The summed E-state index contributed by atoms with van der Waals surface area (Å²) < 4.78 is 60.2. The number of fused-ring (bicyclic) bond motifs is 1. The summed E-state index contributed by atoms with van der Waals surface area (Å²) >= 11 is 5.76. The topological polar surface area (TPSA) is 22.1 Å². The largest absolute Gasteiger partial charge is 0.550 e. The number of para-hydroxylation sites is 1. The molecule has 4 rings (SSSR count).